The molecule has 0 amide bonds. The quantitative estimate of drug-likeness (QED) is 0.0222. The molecule has 4 unspecified atom stereocenters. The number of carbonyl (C=O) groups excluding carboxylic acids is 4. The lowest BCUT2D eigenvalue weighted by Gasteiger charge is -2.21. The van der Waals surface area contributed by atoms with Gasteiger partial charge in [0, 0.05) is 25.7 Å². The van der Waals surface area contributed by atoms with E-state index in [1.54, 1.807) is 0 Å². The molecule has 0 aromatic heterocycles. The van der Waals surface area contributed by atoms with E-state index in [1.165, 1.54) is 193 Å². The fourth-order valence-corrected chi connectivity index (χ4v) is 13.3. The van der Waals surface area contributed by atoms with Crippen molar-refractivity contribution in [2.45, 2.75) is 414 Å². The van der Waals surface area contributed by atoms with E-state index in [1.807, 2.05) is 0 Å². The minimum Gasteiger partial charge on any atom is -0.462 e. The predicted molar refractivity (Wildman–Crippen MR) is 391 cm³/mol. The summed E-state index contributed by atoms with van der Waals surface area (Å²) < 4.78 is 68.4. The third-order valence-electron chi connectivity index (χ3n) is 18.6. The minimum atomic E-state index is -4.96. The van der Waals surface area contributed by atoms with Crippen molar-refractivity contribution < 1.29 is 80.2 Å². The van der Waals surface area contributed by atoms with Gasteiger partial charge in [0.1, 0.15) is 19.3 Å². The summed E-state index contributed by atoms with van der Waals surface area (Å²) in [5.74, 6) is 0.311. The highest BCUT2D eigenvalue weighted by Crippen LogP contribution is 2.45. The molecular formula is C77H150O17P2. The SMILES string of the molecule is CCCCCCCCCC(=O)OC[C@H](COP(=O)(O)OC[C@H](O)COP(=O)(O)OC[C@@H](COC(=O)CCCCCCCCCCCCC(C)CC)OC(=O)CCCCCCCCCCCCCCCCCCCCC(C)CC)OC(=O)CCCCCCCCCCCCC(C)C. The number of aliphatic hydroxyl groups excluding tert-OH is 1. The van der Waals surface area contributed by atoms with E-state index in [4.69, 9.17) is 37.0 Å². The molecule has 0 saturated carbocycles. The van der Waals surface area contributed by atoms with Gasteiger partial charge in [-0.05, 0) is 43.4 Å². The van der Waals surface area contributed by atoms with Crippen molar-refractivity contribution in [3.63, 3.8) is 0 Å². The van der Waals surface area contributed by atoms with Crippen LogP contribution in [0.5, 0.6) is 0 Å². The van der Waals surface area contributed by atoms with E-state index in [2.05, 4.69) is 48.5 Å². The molecule has 0 aromatic carbocycles. The molecule has 0 fully saturated rings. The third-order valence-corrected chi connectivity index (χ3v) is 20.5. The summed E-state index contributed by atoms with van der Waals surface area (Å²) in [5.41, 5.74) is 0. The number of carbonyl (C=O) groups is 4. The molecule has 3 N–H and O–H groups in total. The number of hydrogen-bond donors (Lipinski definition) is 3. The Bertz CT molecular complexity index is 1870. The van der Waals surface area contributed by atoms with Crippen LogP contribution in [0.1, 0.15) is 395 Å². The van der Waals surface area contributed by atoms with Crippen LogP contribution in [0.3, 0.4) is 0 Å². The van der Waals surface area contributed by atoms with Crippen molar-refractivity contribution in [3.05, 3.63) is 0 Å². The number of hydrogen-bond acceptors (Lipinski definition) is 15. The molecule has 0 saturated heterocycles. The Morgan fingerprint density at radius 1 is 0.302 bits per heavy atom. The third kappa shape index (κ3) is 67.9. The van der Waals surface area contributed by atoms with Gasteiger partial charge in [0.15, 0.2) is 12.2 Å². The van der Waals surface area contributed by atoms with Gasteiger partial charge in [0.2, 0.25) is 0 Å². The van der Waals surface area contributed by atoms with Crippen molar-refractivity contribution in [2.75, 3.05) is 39.6 Å². The summed E-state index contributed by atoms with van der Waals surface area (Å²) >= 11 is 0. The van der Waals surface area contributed by atoms with Crippen LogP contribution in [0.4, 0.5) is 0 Å². The molecule has 96 heavy (non-hydrogen) atoms. The second-order valence-corrected chi connectivity index (χ2v) is 31.6. The average molecular weight is 1410 g/mol. The molecule has 0 heterocycles. The predicted octanol–water partition coefficient (Wildman–Crippen LogP) is 22.6. The van der Waals surface area contributed by atoms with Gasteiger partial charge in [-0.25, -0.2) is 9.13 Å². The van der Waals surface area contributed by atoms with Gasteiger partial charge < -0.3 is 33.8 Å². The first kappa shape index (κ1) is 94.1. The molecule has 0 aromatic rings. The summed E-state index contributed by atoms with van der Waals surface area (Å²) in [7, 11) is -9.91. The number of aliphatic hydroxyl groups is 1. The van der Waals surface area contributed by atoms with Gasteiger partial charge in [-0.15, -0.1) is 0 Å². The molecular weight excluding hydrogens is 1260 g/mol. The maximum absolute atomic E-state index is 13.1. The fourth-order valence-electron chi connectivity index (χ4n) is 11.7. The molecule has 0 bridgehead atoms. The van der Waals surface area contributed by atoms with E-state index >= 15 is 0 Å². The molecule has 0 aliphatic heterocycles. The van der Waals surface area contributed by atoms with E-state index < -0.39 is 97.5 Å². The lowest BCUT2D eigenvalue weighted by molar-refractivity contribution is -0.161. The zero-order valence-electron chi connectivity index (χ0n) is 62.8. The number of phosphoric ester groups is 2. The fraction of sp³-hybridized carbons (Fsp3) is 0.948. The van der Waals surface area contributed by atoms with Crippen LogP contribution in [-0.2, 0) is 65.4 Å². The van der Waals surface area contributed by atoms with Crippen molar-refractivity contribution in [2.24, 2.45) is 17.8 Å². The second kappa shape index (κ2) is 67.5. The van der Waals surface area contributed by atoms with E-state index in [0.29, 0.717) is 25.7 Å². The first-order chi connectivity index (χ1) is 46.3. The van der Waals surface area contributed by atoms with Crippen LogP contribution in [0.25, 0.3) is 0 Å². The summed E-state index contributed by atoms with van der Waals surface area (Å²) in [6.45, 7) is 11.9. The normalized spacial score (nSPS) is 14.6. The highest BCUT2D eigenvalue weighted by Gasteiger charge is 2.30. The summed E-state index contributed by atoms with van der Waals surface area (Å²) in [5, 5.41) is 10.6. The molecule has 0 aliphatic carbocycles. The highest BCUT2D eigenvalue weighted by molar-refractivity contribution is 7.47. The molecule has 0 radical (unpaired) electrons. The Balaban J connectivity index is 5.16. The van der Waals surface area contributed by atoms with Crippen molar-refractivity contribution in [1.29, 1.82) is 0 Å². The number of unbranched alkanes of at least 4 members (excludes halogenated alkanes) is 41. The Morgan fingerprint density at radius 3 is 0.792 bits per heavy atom. The number of esters is 4. The summed E-state index contributed by atoms with van der Waals surface area (Å²) in [4.78, 5) is 72.7. The maximum Gasteiger partial charge on any atom is 0.472 e. The molecule has 17 nitrogen and oxygen atoms in total. The van der Waals surface area contributed by atoms with Crippen LogP contribution >= 0.6 is 15.6 Å². The Labute approximate surface area is 588 Å². The van der Waals surface area contributed by atoms with Crippen molar-refractivity contribution >= 4 is 39.5 Å². The largest absolute Gasteiger partial charge is 0.472 e. The number of ether oxygens (including phenoxy) is 4. The van der Waals surface area contributed by atoms with Crippen molar-refractivity contribution in [3.8, 4) is 0 Å². The highest BCUT2D eigenvalue weighted by atomic mass is 31.2. The average Bonchev–Trinajstić information content (AvgIpc) is 3.51. The zero-order valence-corrected chi connectivity index (χ0v) is 64.6. The Kier molecular flexibility index (Phi) is 66.2. The standard InChI is InChI=1S/C77H150O17P2/c1-8-11-12-13-34-44-51-58-74(79)87-64-72(93-77(82)61-54-47-40-33-26-24-28-35-41-48-55-68(4)5)66-91-95(83,84)89-62-71(78)63-90-96(85,86)92-67-73(65-88-75(80)59-52-45-38-31-27-25-30-37-43-50-57-70(7)10-3)94-76(81)60-53-46-39-32-23-21-19-17-15-14-16-18-20-22-29-36-42-49-56-69(6)9-2/h68-73,78H,8-67H2,1-7H3,(H,83,84)(H,85,86)/t69?,70?,71-,72+,73+/m0/s1. The van der Waals surface area contributed by atoms with Gasteiger partial charge in [-0.2, -0.15) is 0 Å². The summed E-state index contributed by atoms with van der Waals surface area (Å²) in [6, 6.07) is 0. The molecule has 0 aliphatic rings. The first-order valence-corrected chi connectivity index (χ1v) is 42.9. The van der Waals surface area contributed by atoms with E-state index in [-0.39, 0.29) is 25.7 Å². The van der Waals surface area contributed by atoms with Crippen LogP contribution in [0.2, 0.25) is 0 Å². The minimum absolute atomic E-state index is 0.105. The molecule has 0 spiro atoms. The number of phosphoric acid groups is 2. The Hall–Kier alpha value is -1.94. The van der Waals surface area contributed by atoms with Gasteiger partial charge in [0.25, 0.3) is 0 Å². The Morgan fingerprint density at radius 2 is 0.531 bits per heavy atom. The lowest BCUT2D eigenvalue weighted by atomic mass is 9.99. The zero-order chi connectivity index (χ0) is 70.9. The molecule has 0 rings (SSSR count). The molecule has 7 atom stereocenters. The molecule has 19 heteroatoms. The lowest BCUT2D eigenvalue weighted by Crippen LogP contribution is -2.30. The van der Waals surface area contributed by atoms with Crippen LogP contribution in [-0.4, -0.2) is 96.7 Å². The monoisotopic (exact) mass is 1410 g/mol. The van der Waals surface area contributed by atoms with E-state index in [0.717, 1.165) is 120 Å². The van der Waals surface area contributed by atoms with Gasteiger partial charge in [-0.3, -0.25) is 37.3 Å². The topological polar surface area (TPSA) is 237 Å². The van der Waals surface area contributed by atoms with Crippen molar-refractivity contribution in [1.82, 2.24) is 0 Å². The van der Waals surface area contributed by atoms with Gasteiger partial charge >= 0.3 is 39.5 Å². The first-order valence-electron chi connectivity index (χ1n) is 39.9. The van der Waals surface area contributed by atoms with Crippen LogP contribution in [0.15, 0.2) is 0 Å². The smallest absolute Gasteiger partial charge is 0.462 e. The second-order valence-electron chi connectivity index (χ2n) is 28.7. The van der Waals surface area contributed by atoms with Crippen LogP contribution in [0, 0.1) is 17.8 Å². The maximum atomic E-state index is 13.1. The van der Waals surface area contributed by atoms with Gasteiger partial charge in [-0.1, -0.05) is 344 Å². The van der Waals surface area contributed by atoms with Crippen LogP contribution < -0.4 is 0 Å². The molecule has 570 valence electrons. The van der Waals surface area contributed by atoms with E-state index in [9.17, 15) is 43.2 Å². The number of rotatable bonds is 75. The summed E-state index contributed by atoms with van der Waals surface area (Å²) in [6.07, 6.45) is 54.2. The van der Waals surface area contributed by atoms with Gasteiger partial charge in [0.05, 0.1) is 26.4 Å².